The van der Waals surface area contributed by atoms with Gasteiger partial charge in [-0.3, -0.25) is 9.89 Å². The van der Waals surface area contributed by atoms with Crippen molar-refractivity contribution in [2.75, 3.05) is 13.3 Å². The molecule has 0 unspecified atom stereocenters. The van der Waals surface area contributed by atoms with E-state index in [0.717, 1.165) is 28.3 Å². The lowest BCUT2D eigenvalue weighted by molar-refractivity contribution is 0.0949. The molecule has 4 aromatic rings. The van der Waals surface area contributed by atoms with E-state index in [4.69, 9.17) is 9.47 Å². The molecule has 3 aromatic heterocycles. The van der Waals surface area contributed by atoms with Gasteiger partial charge in [-0.15, -0.1) is 0 Å². The molecular weight excluding hydrogens is 408 g/mol. The van der Waals surface area contributed by atoms with Crippen molar-refractivity contribution in [3.8, 4) is 28.6 Å². The van der Waals surface area contributed by atoms with Gasteiger partial charge >= 0.3 is 0 Å². The second kappa shape index (κ2) is 8.18. The number of hydrogen-bond donors (Lipinski definition) is 2. The van der Waals surface area contributed by atoms with Crippen molar-refractivity contribution in [3.63, 3.8) is 0 Å². The van der Waals surface area contributed by atoms with E-state index in [0.29, 0.717) is 35.9 Å². The number of aryl methyl sites for hydroxylation is 1. The van der Waals surface area contributed by atoms with Crippen molar-refractivity contribution in [2.45, 2.75) is 20.3 Å². The number of H-pyrrole nitrogens is 1. The Balaban J connectivity index is 1.23. The number of nitrogens with zero attached hydrogens (tertiary/aromatic N) is 4. The van der Waals surface area contributed by atoms with Crippen LogP contribution >= 0.6 is 0 Å². The van der Waals surface area contributed by atoms with E-state index in [2.05, 4.69) is 25.6 Å². The Labute approximate surface area is 184 Å². The van der Waals surface area contributed by atoms with Gasteiger partial charge in [0.05, 0.1) is 11.4 Å². The predicted molar refractivity (Wildman–Crippen MR) is 117 cm³/mol. The van der Waals surface area contributed by atoms with Gasteiger partial charge in [-0.05, 0) is 62.2 Å². The van der Waals surface area contributed by atoms with Crippen LogP contribution in [0.15, 0.2) is 48.7 Å². The lowest BCUT2D eigenvalue weighted by atomic mass is 10.1. The van der Waals surface area contributed by atoms with Crippen molar-refractivity contribution < 1.29 is 14.3 Å². The van der Waals surface area contributed by atoms with E-state index in [-0.39, 0.29) is 12.7 Å². The van der Waals surface area contributed by atoms with Gasteiger partial charge in [0.2, 0.25) is 6.79 Å². The molecular formula is C23H22N6O3. The van der Waals surface area contributed by atoms with E-state index in [9.17, 15) is 4.79 Å². The average molecular weight is 430 g/mol. The number of aromatic nitrogens is 5. The molecule has 0 bridgehead atoms. The van der Waals surface area contributed by atoms with Crippen LogP contribution < -0.4 is 14.8 Å². The van der Waals surface area contributed by atoms with Crippen LogP contribution in [0.25, 0.3) is 17.1 Å². The van der Waals surface area contributed by atoms with E-state index in [1.807, 2.05) is 54.9 Å². The van der Waals surface area contributed by atoms with Crippen molar-refractivity contribution in [3.05, 3.63) is 71.3 Å². The number of hydrogen-bond acceptors (Lipinski definition) is 6. The molecule has 32 heavy (non-hydrogen) atoms. The number of rotatable bonds is 6. The number of nitrogens with one attached hydrogen (secondary N) is 2. The van der Waals surface area contributed by atoms with Crippen LogP contribution in [-0.2, 0) is 6.42 Å². The van der Waals surface area contributed by atoms with Crippen molar-refractivity contribution >= 4 is 5.91 Å². The standard InChI is InChI=1S/C23H22N6O3/c1-14-17(15(2)29(28-14)22-5-3-4-9-24-22)8-10-25-23(30)19-12-18(26-27-19)16-6-7-20-21(11-16)32-13-31-20/h3-7,9,11-12H,8,10,13H2,1-2H3,(H,25,30)(H,26,27). The largest absolute Gasteiger partial charge is 0.454 e. The number of carbonyl (C=O) groups is 1. The fourth-order valence-electron chi connectivity index (χ4n) is 3.78. The Morgan fingerprint density at radius 3 is 2.88 bits per heavy atom. The van der Waals surface area contributed by atoms with Crippen molar-refractivity contribution in [1.29, 1.82) is 0 Å². The molecule has 5 rings (SSSR count). The smallest absolute Gasteiger partial charge is 0.269 e. The molecule has 162 valence electrons. The molecule has 0 fully saturated rings. The van der Waals surface area contributed by atoms with Crippen LogP contribution in [0.2, 0.25) is 0 Å². The minimum Gasteiger partial charge on any atom is -0.454 e. The maximum absolute atomic E-state index is 12.6. The van der Waals surface area contributed by atoms with Gasteiger partial charge in [0.25, 0.3) is 5.91 Å². The van der Waals surface area contributed by atoms with Gasteiger partial charge in [-0.2, -0.15) is 10.2 Å². The zero-order valence-corrected chi connectivity index (χ0v) is 17.8. The highest BCUT2D eigenvalue weighted by atomic mass is 16.7. The summed E-state index contributed by atoms with van der Waals surface area (Å²) in [5.41, 5.74) is 4.95. The monoisotopic (exact) mass is 430 g/mol. The topological polar surface area (TPSA) is 107 Å². The van der Waals surface area contributed by atoms with Crippen LogP contribution in [-0.4, -0.2) is 44.2 Å². The molecule has 0 atom stereocenters. The SMILES string of the molecule is Cc1nn(-c2ccccn2)c(C)c1CCNC(=O)c1cc(-c2ccc3c(c2)OCO3)n[nH]1. The molecule has 9 nitrogen and oxygen atoms in total. The molecule has 1 aliphatic heterocycles. The fourth-order valence-corrected chi connectivity index (χ4v) is 3.78. The van der Waals surface area contributed by atoms with E-state index in [1.54, 1.807) is 12.3 Å². The quantitative estimate of drug-likeness (QED) is 0.487. The van der Waals surface area contributed by atoms with Gasteiger partial charge in [0, 0.05) is 24.0 Å². The van der Waals surface area contributed by atoms with Crippen LogP contribution in [0.3, 0.4) is 0 Å². The Morgan fingerprint density at radius 1 is 1.16 bits per heavy atom. The summed E-state index contributed by atoms with van der Waals surface area (Å²) in [7, 11) is 0. The third-order valence-corrected chi connectivity index (χ3v) is 5.46. The lowest BCUT2D eigenvalue weighted by Crippen LogP contribution is -2.26. The Morgan fingerprint density at radius 2 is 2.03 bits per heavy atom. The minimum absolute atomic E-state index is 0.211. The summed E-state index contributed by atoms with van der Waals surface area (Å²) >= 11 is 0. The van der Waals surface area contributed by atoms with Crippen LogP contribution in [0.1, 0.15) is 27.4 Å². The van der Waals surface area contributed by atoms with Gasteiger partial charge in [0.15, 0.2) is 17.3 Å². The number of carbonyl (C=O) groups excluding carboxylic acids is 1. The molecule has 0 spiro atoms. The van der Waals surface area contributed by atoms with E-state index >= 15 is 0 Å². The number of pyridine rings is 1. The third-order valence-electron chi connectivity index (χ3n) is 5.46. The van der Waals surface area contributed by atoms with Gasteiger partial charge in [-0.25, -0.2) is 9.67 Å². The van der Waals surface area contributed by atoms with Gasteiger partial charge in [0.1, 0.15) is 5.69 Å². The maximum Gasteiger partial charge on any atom is 0.269 e. The summed E-state index contributed by atoms with van der Waals surface area (Å²) in [5, 5.41) is 14.6. The van der Waals surface area contributed by atoms with Crippen LogP contribution in [0.5, 0.6) is 11.5 Å². The fraction of sp³-hybridized carbons (Fsp3) is 0.217. The van der Waals surface area contributed by atoms with Crippen molar-refractivity contribution in [2.24, 2.45) is 0 Å². The van der Waals surface area contributed by atoms with Crippen molar-refractivity contribution in [1.82, 2.24) is 30.3 Å². The van der Waals surface area contributed by atoms with Crippen LogP contribution in [0, 0.1) is 13.8 Å². The number of aromatic amines is 1. The first kappa shape index (κ1) is 19.8. The Hall–Kier alpha value is -4.14. The van der Waals surface area contributed by atoms with E-state index < -0.39 is 0 Å². The molecule has 4 heterocycles. The molecule has 0 saturated heterocycles. The summed E-state index contributed by atoms with van der Waals surface area (Å²) in [4.78, 5) is 17.0. The second-order valence-electron chi connectivity index (χ2n) is 7.49. The number of fused-ring (bicyclic) bond motifs is 1. The molecule has 0 saturated carbocycles. The molecule has 1 aliphatic rings. The highest BCUT2D eigenvalue weighted by Crippen LogP contribution is 2.35. The molecule has 0 aliphatic carbocycles. The first-order valence-corrected chi connectivity index (χ1v) is 10.3. The first-order valence-electron chi connectivity index (χ1n) is 10.3. The normalized spacial score (nSPS) is 12.2. The summed E-state index contributed by atoms with van der Waals surface area (Å²) in [5.74, 6) is 1.95. The second-order valence-corrected chi connectivity index (χ2v) is 7.49. The average Bonchev–Trinajstić information content (AvgIpc) is 3.54. The first-order chi connectivity index (χ1) is 15.6. The zero-order valence-electron chi connectivity index (χ0n) is 17.8. The Bertz CT molecular complexity index is 1280. The van der Waals surface area contributed by atoms with Gasteiger partial charge < -0.3 is 14.8 Å². The summed E-state index contributed by atoms with van der Waals surface area (Å²) in [6, 6.07) is 13.0. The molecule has 2 N–H and O–H groups in total. The van der Waals surface area contributed by atoms with E-state index in [1.165, 1.54) is 0 Å². The summed E-state index contributed by atoms with van der Waals surface area (Å²) in [6.07, 6.45) is 2.41. The third kappa shape index (κ3) is 3.68. The Kier molecular flexibility index (Phi) is 5.06. The van der Waals surface area contributed by atoms with Gasteiger partial charge in [-0.1, -0.05) is 6.07 Å². The lowest BCUT2D eigenvalue weighted by Gasteiger charge is -2.06. The summed E-state index contributed by atoms with van der Waals surface area (Å²) in [6.45, 7) is 4.67. The molecule has 1 amide bonds. The zero-order chi connectivity index (χ0) is 22.1. The highest BCUT2D eigenvalue weighted by molar-refractivity contribution is 5.93. The number of amides is 1. The highest BCUT2D eigenvalue weighted by Gasteiger charge is 2.17. The molecule has 9 heteroatoms. The number of benzene rings is 1. The summed E-state index contributed by atoms with van der Waals surface area (Å²) < 4.78 is 12.6. The minimum atomic E-state index is -0.211. The maximum atomic E-state index is 12.6. The molecule has 1 aromatic carbocycles. The number of ether oxygens (including phenoxy) is 2. The predicted octanol–water partition coefficient (Wildman–Crippen LogP) is 2.98. The van der Waals surface area contributed by atoms with Crippen LogP contribution in [0.4, 0.5) is 0 Å². The molecule has 0 radical (unpaired) electrons.